The Balaban J connectivity index is 1.61. The third-order valence-corrected chi connectivity index (χ3v) is 4.33. The van der Waals surface area contributed by atoms with Crippen LogP contribution in [0.4, 0.5) is 0 Å². The van der Waals surface area contributed by atoms with Crippen LogP contribution in [0, 0.1) is 0 Å². The number of aryl methyl sites for hydroxylation is 1. The van der Waals surface area contributed by atoms with Gasteiger partial charge in [0.15, 0.2) is 0 Å². The summed E-state index contributed by atoms with van der Waals surface area (Å²) in [6.07, 6.45) is 2.64. The van der Waals surface area contributed by atoms with Crippen molar-refractivity contribution in [2.24, 2.45) is 7.05 Å². The van der Waals surface area contributed by atoms with E-state index >= 15 is 0 Å². The molecule has 0 aliphatic carbocycles. The zero-order chi connectivity index (χ0) is 17.1. The molecule has 1 aliphatic heterocycles. The molecule has 0 aromatic carbocycles. The summed E-state index contributed by atoms with van der Waals surface area (Å²) in [5.41, 5.74) is 3.41. The SMILES string of the molecule is CN(C)C(=O)COCc1nn(C)c2c1CCN(Cc1ccco1)C2. The van der Waals surface area contributed by atoms with E-state index in [0.29, 0.717) is 6.61 Å². The first kappa shape index (κ1) is 16.7. The van der Waals surface area contributed by atoms with Gasteiger partial charge in [-0.1, -0.05) is 0 Å². The summed E-state index contributed by atoms with van der Waals surface area (Å²) in [7, 11) is 5.41. The molecule has 3 rings (SSSR count). The van der Waals surface area contributed by atoms with Gasteiger partial charge in [0.05, 0.1) is 30.8 Å². The minimum atomic E-state index is -0.0376. The third-order valence-electron chi connectivity index (χ3n) is 4.33. The highest BCUT2D eigenvalue weighted by Gasteiger charge is 2.24. The number of carbonyl (C=O) groups is 1. The highest BCUT2D eigenvalue weighted by atomic mass is 16.5. The molecule has 0 radical (unpaired) electrons. The molecule has 2 aromatic rings. The van der Waals surface area contributed by atoms with E-state index in [4.69, 9.17) is 9.15 Å². The normalized spacial score (nSPS) is 14.6. The molecule has 0 saturated carbocycles. The molecular weight excluding hydrogens is 308 g/mol. The number of fused-ring (bicyclic) bond motifs is 1. The molecule has 0 unspecified atom stereocenters. The second kappa shape index (κ2) is 7.19. The second-order valence-corrected chi connectivity index (χ2v) is 6.32. The quantitative estimate of drug-likeness (QED) is 0.795. The molecule has 130 valence electrons. The summed E-state index contributed by atoms with van der Waals surface area (Å²) in [4.78, 5) is 15.5. The molecular formula is C17H24N4O3. The average Bonchev–Trinajstić information content (AvgIpc) is 3.16. The Hall–Kier alpha value is -2.12. The summed E-state index contributed by atoms with van der Waals surface area (Å²) >= 11 is 0. The molecule has 0 saturated heterocycles. The second-order valence-electron chi connectivity index (χ2n) is 6.32. The molecule has 0 spiro atoms. The van der Waals surface area contributed by atoms with E-state index in [1.165, 1.54) is 16.2 Å². The van der Waals surface area contributed by atoms with E-state index in [2.05, 4.69) is 10.00 Å². The Bertz CT molecular complexity index is 691. The first-order chi connectivity index (χ1) is 11.5. The van der Waals surface area contributed by atoms with Crippen LogP contribution in [0.3, 0.4) is 0 Å². The van der Waals surface area contributed by atoms with Crippen molar-refractivity contribution in [1.82, 2.24) is 19.6 Å². The number of hydrogen-bond acceptors (Lipinski definition) is 5. The van der Waals surface area contributed by atoms with E-state index in [0.717, 1.165) is 37.5 Å². The Morgan fingerprint density at radius 1 is 1.46 bits per heavy atom. The fraction of sp³-hybridized carbons (Fsp3) is 0.529. The molecule has 24 heavy (non-hydrogen) atoms. The average molecular weight is 332 g/mol. The monoisotopic (exact) mass is 332 g/mol. The standard InChI is InChI=1S/C17H24N4O3/c1-19(2)17(22)12-23-11-15-14-6-7-21(9-13-5-4-8-24-13)10-16(14)20(3)18-15/h4-5,8H,6-7,9-12H2,1-3H3. The van der Waals surface area contributed by atoms with Crippen LogP contribution in [0.15, 0.2) is 22.8 Å². The number of ether oxygens (including phenoxy) is 1. The van der Waals surface area contributed by atoms with Crippen LogP contribution >= 0.6 is 0 Å². The maximum atomic E-state index is 11.6. The predicted molar refractivity (Wildman–Crippen MR) is 88.1 cm³/mol. The molecule has 0 bridgehead atoms. The van der Waals surface area contributed by atoms with Gasteiger partial charge < -0.3 is 14.1 Å². The number of hydrogen-bond donors (Lipinski definition) is 0. The lowest BCUT2D eigenvalue weighted by molar-refractivity contribution is -0.134. The lowest BCUT2D eigenvalue weighted by Gasteiger charge is -2.26. The van der Waals surface area contributed by atoms with Gasteiger partial charge in [0.2, 0.25) is 5.91 Å². The summed E-state index contributed by atoms with van der Waals surface area (Å²) in [6.45, 7) is 3.07. The molecule has 1 amide bonds. The number of aromatic nitrogens is 2. The van der Waals surface area contributed by atoms with E-state index in [-0.39, 0.29) is 12.5 Å². The van der Waals surface area contributed by atoms with Crippen molar-refractivity contribution >= 4 is 5.91 Å². The Morgan fingerprint density at radius 2 is 2.29 bits per heavy atom. The highest BCUT2D eigenvalue weighted by Crippen LogP contribution is 2.23. The van der Waals surface area contributed by atoms with E-state index < -0.39 is 0 Å². The highest BCUT2D eigenvalue weighted by molar-refractivity contribution is 5.76. The van der Waals surface area contributed by atoms with E-state index in [9.17, 15) is 4.79 Å². The molecule has 0 atom stereocenters. The number of likely N-dealkylation sites (N-methyl/N-ethyl adjacent to an activating group) is 1. The topological polar surface area (TPSA) is 63.7 Å². The van der Waals surface area contributed by atoms with Gasteiger partial charge in [0.25, 0.3) is 0 Å². The smallest absolute Gasteiger partial charge is 0.248 e. The van der Waals surface area contributed by atoms with Crippen molar-refractivity contribution in [3.05, 3.63) is 41.1 Å². The van der Waals surface area contributed by atoms with Crippen molar-refractivity contribution in [3.63, 3.8) is 0 Å². The van der Waals surface area contributed by atoms with Crippen LogP contribution in [-0.2, 0) is 42.7 Å². The first-order valence-corrected chi connectivity index (χ1v) is 8.11. The zero-order valence-electron chi connectivity index (χ0n) is 14.5. The van der Waals surface area contributed by atoms with Crippen LogP contribution in [0.5, 0.6) is 0 Å². The van der Waals surface area contributed by atoms with Crippen LogP contribution in [0.25, 0.3) is 0 Å². The predicted octanol–water partition coefficient (Wildman–Crippen LogP) is 1.18. The van der Waals surface area contributed by atoms with Gasteiger partial charge in [-0.2, -0.15) is 5.10 Å². The molecule has 0 N–H and O–H groups in total. The summed E-state index contributed by atoms with van der Waals surface area (Å²) in [6, 6.07) is 3.92. The van der Waals surface area contributed by atoms with Gasteiger partial charge in [-0.25, -0.2) is 0 Å². The Kier molecular flexibility index (Phi) is 5.01. The Morgan fingerprint density at radius 3 is 3.00 bits per heavy atom. The lowest BCUT2D eigenvalue weighted by atomic mass is 10.0. The van der Waals surface area contributed by atoms with Gasteiger partial charge in [0, 0.05) is 39.8 Å². The third kappa shape index (κ3) is 3.68. The van der Waals surface area contributed by atoms with Gasteiger partial charge in [-0.3, -0.25) is 14.4 Å². The van der Waals surface area contributed by atoms with Gasteiger partial charge in [-0.15, -0.1) is 0 Å². The lowest BCUT2D eigenvalue weighted by Crippen LogP contribution is -2.31. The molecule has 3 heterocycles. The van der Waals surface area contributed by atoms with Crippen molar-refractivity contribution in [2.75, 3.05) is 27.2 Å². The zero-order valence-corrected chi connectivity index (χ0v) is 14.5. The molecule has 2 aromatic heterocycles. The fourth-order valence-corrected chi connectivity index (χ4v) is 2.95. The number of nitrogens with zero attached hydrogens (tertiary/aromatic N) is 4. The number of furan rings is 1. The molecule has 7 heteroatoms. The maximum absolute atomic E-state index is 11.6. The van der Waals surface area contributed by atoms with Gasteiger partial charge >= 0.3 is 0 Å². The van der Waals surface area contributed by atoms with Crippen molar-refractivity contribution in [1.29, 1.82) is 0 Å². The summed E-state index contributed by atoms with van der Waals surface area (Å²) in [5.74, 6) is 0.941. The summed E-state index contributed by atoms with van der Waals surface area (Å²) in [5, 5.41) is 4.58. The van der Waals surface area contributed by atoms with Crippen LogP contribution in [0.1, 0.15) is 22.7 Å². The van der Waals surface area contributed by atoms with Crippen LogP contribution in [0.2, 0.25) is 0 Å². The van der Waals surface area contributed by atoms with Crippen LogP contribution < -0.4 is 0 Å². The number of rotatable bonds is 6. The number of amides is 1. The van der Waals surface area contributed by atoms with Crippen LogP contribution in [-0.4, -0.2) is 52.7 Å². The largest absolute Gasteiger partial charge is 0.468 e. The molecule has 0 fully saturated rings. The van der Waals surface area contributed by atoms with Crippen molar-refractivity contribution in [2.45, 2.75) is 26.1 Å². The first-order valence-electron chi connectivity index (χ1n) is 8.11. The summed E-state index contributed by atoms with van der Waals surface area (Å²) < 4.78 is 12.9. The minimum Gasteiger partial charge on any atom is -0.468 e. The fourth-order valence-electron chi connectivity index (χ4n) is 2.95. The Labute approximate surface area is 141 Å². The molecule has 7 nitrogen and oxygen atoms in total. The van der Waals surface area contributed by atoms with E-state index in [1.54, 1.807) is 20.4 Å². The molecule has 1 aliphatic rings. The van der Waals surface area contributed by atoms with Gasteiger partial charge in [-0.05, 0) is 18.6 Å². The maximum Gasteiger partial charge on any atom is 0.248 e. The van der Waals surface area contributed by atoms with Crippen molar-refractivity contribution in [3.8, 4) is 0 Å². The van der Waals surface area contributed by atoms with E-state index in [1.807, 2.05) is 23.9 Å². The van der Waals surface area contributed by atoms with Gasteiger partial charge in [0.1, 0.15) is 12.4 Å². The van der Waals surface area contributed by atoms with Crippen molar-refractivity contribution < 1.29 is 13.9 Å². The minimum absolute atomic E-state index is 0.0376. The number of carbonyl (C=O) groups excluding carboxylic acids is 1.